The van der Waals surface area contributed by atoms with Gasteiger partial charge < -0.3 is 9.47 Å². The fourth-order valence-corrected chi connectivity index (χ4v) is 5.31. The van der Waals surface area contributed by atoms with Gasteiger partial charge in [0.1, 0.15) is 6.29 Å². The zero-order chi connectivity index (χ0) is 21.3. The molecule has 1 unspecified atom stereocenters. The summed E-state index contributed by atoms with van der Waals surface area (Å²) in [6.07, 6.45) is 4.91. The number of hydrogen-bond acceptors (Lipinski definition) is 5. The molecule has 1 atom stereocenters. The Morgan fingerprint density at radius 3 is 2.60 bits per heavy atom. The molecule has 0 bridgehead atoms. The molecule has 2 heterocycles. The van der Waals surface area contributed by atoms with Crippen LogP contribution in [0, 0.1) is 13.8 Å². The van der Waals surface area contributed by atoms with Crippen LogP contribution in [0.4, 0.5) is 0 Å². The maximum atomic E-state index is 13.3. The maximum absolute atomic E-state index is 13.3. The first-order valence-corrected chi connectivity index (χ1v) is 11.5. The van der Waals surface area contributed by atoms with Crippen molar-refractivity contribution in [2.75, 3.05) is 6.61 Å². The Balaban J connectivity index is 1.78. The van der Waals surface area contributed by atoms with E-state index in [1.54, 1.807) is 42.6 Å². The zero-order valence-electron chi connectivity index (χ0n) is 17.1. The van der Waals surface area contributed by atoms with Crippen LogP contribution in [0.15, 0.2) is 47.5 Å². The number of benzene rings is 2. The van der Waals surface area contributed by atoms with Gasteiger partial charge in [0, 0.05) is 23.8 Å². The summed E-state index contributed by atoms with van der Waals surface area (Å²) in [4.78, 5) is 11.9. The third kappa shape index (κ3) is 3.80. The molecule has 1 aromatic heterocycles. The van der Waals surface area contributed by atoms with Crippen LogP contribution in [0.25, 0.3) is 10.9 Å². The lowest BCUT2D eigenvalue weighted by Gasteiger charge is -2.23. The Bertz CT molecular complexity index is 1170. The molecule has 0 N–H and O–H groups in total. The fraction of sp³-hybridized carbons (Fsp3) is 0.348. The summed E-state index contributed by atoms with van der Waals surface area (Å²) in [5.74, 6) is 0. The Hall–Kier alpha value is -2.48. The average molecular weight is 428 g/mol. The lowest BCUT2D eigenvalue weighted by molar-refractivity contribution is -0.168. The van der Waals surface area contributed by atoms with E-state index in [-0.39, 0.29) is 17.8 Å². The van der Waals surface area contributed by atoms with Gasteiger partial charge in [-0.2, -0.15) is 0 Å². The van der Waals surface area contributed by atoms with E-state index in [9.17, 15) is 13.2 Å². The van der Waals surface area contributed by atoms with Crippen LogP contribution >= 0.6 is 0 Å². The number of carbonyl (C=O) groups excluding carboxylic acids is 1. The van der Waals surface area contributed by atoms with Crippen LogP contribution in [-0.4, -0.2) is 31.6 Å². The van der Waals surface area contributed by atoms with E-state index in [1.807, 2.05) is 13.8 Å². The van der Waals surface area contributed by atoms with Crippen molar-refractivity contribution in [2.24, 2.45) is 0 Å². The normalized spacial score (nSPS) is 17.3. The Morgan fingerprint density at radius 2 is 1.93 bits per heavy atom. The summed E-state index contributed by atoms with van der Waals surface area (Å²) < 4.78 is 39.4. The SMILES string of the molecule is Cc1ccc(S(=O)(=O)n2ccc3c(COC4CCCCO4)c(C=O)cc(C)c32)cc1. The van der Waals surface area contributed by atoms with E-state index in [0.717, 1.165) is 31.1 Å². The molecule has 0 aliphatic carbocycles. The predicted octanol–water partition coefficient (Wildman–Crippen LogP) is 4.35. The molecule has 1 fully saturated rings. The van der Waals surface area contributed by atoms with Gasteiger partial charge in [0.05, 0.1) is 17.0 Å². The van der Waals surface area contributed by atoms with Crippen molar-refractivity contribution in [2.45, 2.75) is 50.9 Å². The molecule has 3 aromatic rings. The summed E-state index contributed by atoms with van der Waals surface area (Å²) in [6, 6.07) is 10.2. The highest BCUT2D eigenvalue weighted by molar-refractivity contribution is 7.90. The van der Waals surface area contributed by atoms with E-state index >= 15 is 0 Å². The summed E-state index contributed by atoms with van der Waals surface area (Å²) in [7, 11) is -3.77. The summed E-state index contributed by atoms with van der Waals surface area (Å²) in [5, 5.41) is 0.698. The second kappa shape index (κ2) is 8.34. The van der Waals surface area contributed by atoms with E-state index in [2.05, 4.69) is 0 Å². The van der Waals surface area contributed by atoms with Gasteiger partial charge in [-0.3, -0.25) is 4.79 Å². The predicted molar refractivity (Wildman–Crippen MR) is 114 cm³/mol. The molecule has 6 nitrogen and oxygen atoms in total. The maximum Gasteiger partial charge on any atom is 0.268 e. The fourth-order valence-electron chi connectivity index (χ4n) is 3.90. The third-order valence-corrected chi connectivity index (χ3v) is 7.22. The van der Waals surface area contributed by atoms with Crippen molar-refractivity contribution in [1.29, 1.82) is 0 Å². The summed E-state index contributed by atoms with van der Waals surface area (Å²) in [5.41, 5.74) is 3.44. The van der Waals surface area contributed by atoms with Gasteiger partial charge in [0.2, 0.25) is 0 Å². The minimum atomic E-state index is -3.77. The van der Waals surface area contributed by atoms with Crippen molar-refractivity contribution in [1.82, 2.24) is 3.97 Å². The molecule has 1 aliphatic heterocycles. The van der Waals surface area contributed by atoms with Gasteiger partial charge in [-0.1, -0.05) is 17.7 Å². The Kier molecular flexibility index (Phi) is 5.77. The number of hydrogen-bond donors (Lipinski definition) is 0. The molecule has 0 amide bonds. The second-order valence-corrected chi connectivity index (χ2v) is 9.49. The largest absolute Gasteiger partial charge is 0.353 e. The van der Waals surface area contributed by atoms with Gasteiger partial charge in [0.15, 0.2) is 6.29 Å². The Morgan fingerprint density at radius 1 is 1.17 bits per heavy atom. The lowest BCUT2D eigenvalue weighted by atomic mass is 10.0. The van der Waals surface area contributed by atoms with Crippen molar-refractivity contribution in [3.05, 3.63) is 64.8 Å². The van der Waals surface area contributed by atoms with E-state index in [1.165, 1.54) is 3.97 Å². The highest BCUT2D eigenvalue weighted by Crippen LogP contribution is 2.31. The van der Waals surface area contributed by atoms with Gasteiger partial charge in [-0.05, 0) is 68.5 Å². The highest BCUT2D eigenvalue weighted by atomic mass is 32.2. The van der Waals surface area contributed by atoms with Gasteiger partial charge in [-0.25, -0.2) is 12.4 Å². The average Bonchev–Trinajstić information content (AvgIpc) is 3.21. The first-order chi connectivity index (χ1) is 14.4. The molecule has 4 rings (SSSR count). The number of ether oxygens (including phenoxy) is 2. The van der Waals surface area contributed by atoms with Gasteiger partial charge in [0.25, 0.3) is 10.0 Å². The lowest BCUT2D eigenvalue weighted by Crippen LogP contribution is -2.22. The molecule has 1 saturated heterocycles. The van der Waals surface area contributed by atoms with Crippen molar-refractivity contribution in [3.8, 4) is 0 Å². The first-order valence-electron chi connectivity index (χ1n) is 10.1. The quantitative estimate of drug-likeness (QED) is 0.547. The molecule has 30 heavy (non-hydrogen) atoms. The van der Waals surface area contributed by atoms with E-state index < -0.39 is 10.0 Å². The van der Waals surface area contributed by atoms with Crippen molar-refractivity contribution in [3.63, 3.8) is 0 Å². The second-order valence-electron chi connectivity index (χ2n) is 7.68. The Labute approximate surface area is 176 Å². The number of rotatable bonds is 6. The molecule has 1 aliphatic rings. The molecule has 7 heteroatoms. The summed E-state index contributed by atoms with van der Waals surface area (Å²) >= 11 is 0. The van der Waals surface area contributed by atoms with E-state index in [0.29, 0.717) is 34.2 Å². The smallest absolute Gasteiger partial charge is 0.268 e. The van der Waals surface area contributed by atoms with Gasteiger partial charge >= 0.3 is 0 Å². The number of aryl methyl sites for hydroxylation is 2. The molecule has 0 spiro atoms. The van der Waals surface area contributed by atoms with Crippen LogP contribution in [-0.2, 0) is 26.1 Å². The minimum absolute atomic E-state index is 0.185. The minimum Gasteiger partial charge on any atom is -0.353 e. The number of aldehydes is 1. The molecular formula is C23H25NO5S. The monoisotopic (exact) mass is 427 g/mol. The van der Waals surface area contributed by atoms with Crippen LogP contribution in [0.5, 0.6) is 0 Å². The highest BCUT2D eigenvalue weighted by Gasteiger charge is 2.23. The van der Waals surface area contributed by atoms with Crippen LogP contribution < -0.4 is 0 Å². The van der Waals surface area contributed by atoms with Crippen LogP contribution in [0.1, 0.15) is 46.3 Å². The first kappa shape index (κ1) is 20.8. The zero-order valence-corrected chi connectivity index (χ0v) is 17.9. The molecule has 2 aromatic carbocycles. The van der Waals surface area contributed by atoms with Crippen LogP contribution in [0.3, 0.4) is 0 Å². The number of carbonyl (C=O) groups is 1. The van der Waals surface area contributed by atoms with Gasteiger partial charge in [-0.15, -0.1) is 0 Å². The molecule has 158 valence electrons. The van der Waals surface area contributed by atoms with Crippen molar-refractivity contribution < 1.29 is 22.7 Å². The van der Waals surface area contributed by atoms with E-state index in [4.69, 9.17) is 9.47 Å². The summed E-state index contributed by atoms with van der Waals surface area (Å²) in [6.45, 7) is 4.57. The molecule has 0 saturated carbocycles. The number of aromatic nitrogens is 1. The molecule has 0 radical (unpaired) electrons. The van der Waals surface area contributed by atoms with Crippen molar-refractivity contribution >= 4 is 27.2 Å². The topological polar surface area (TPSA) is 74.6 Å². The third-order valence-electron chi connectivity index (χ3n) is 5.53. The van der Waals surface area contributed by atoms with Crippen LogP contribution in [0.2, 0.25) is 0 Å². The number of nitrogens with zero attached hydrogens (tertiary/aromatic N) is 1. The number of fused-ring (bicyclic) bond motifs is 1. The molecular weight excluding hydrogens is 402 g/mol. The standard InChI is InChI=1S/C23H25NO5S/c1-16-6-8-19(9-7-16)30(26,27)24-11-10-20-21(15-29-22-5-3-4-12-28-22)18(14-25)13-17(2)23(20)24/h6-11,13-14,22H,3-5,12,15H2,1-2H3.